The van der Waals surface area contributed by atoms with E-state index in [9.17, 15) is 13.2 Å². The van der Waals surface area contributed by atoms with Crippen molar-refractivity contribution in [1.29, 1.82) is 0 Å². The summed E-state index contributed by atoms with van der Waals surface area (Å²) in [6.07, 6.45) is -0.804. The zero-order valence-corrected chi connectivity index (χ0v) is 12.6. The molecule has 0 radical (unpaired) electrons. The van der Waals surface area contributed by atoms with Gasteiger partial charge in [-0.25, -0.2) is 0 Å². The fourth-order valence-electron chi connectivity index (χ4n) is 2.68. The molecule has 1 saturated carbocycles. The maximum atomic E-state index is 12.8. The molecule has 1 unspecified atom stereocenters. The van der Waals surface area contributed by atoms with Crippen LogP contribution < -0.4 is 5.32 Å². The molecule has 2 nitrogen and oxygen atoms in total. The van der Waals surface area contributed by atoms with Crippen LogP contribution in [0.15, 0.2) is 24.3 Å². The highest BCUT2D eigenvalue weighted by Gasteiger charge is 2.32. The summed E-state index contributed by atoms with van der Waals surface area (Å²) in [4.78, 5) is 2.39. The molecule has 1 N–H and O–H groups in total. The van der Waals surface area contributed by atoms with Gasteiger partial charge in [-0.05, 0) is 50.6 Å². The second kappa shape index (κ2) is 6.79. The van der Waals surface area contributed by atoms with Crippen molar-refractivity contribution in [3.05, 3.63) is 35.4 Å². The molecule has 118 valence electrons. The lowest BCUT2D eigenvalue weighted by atomic mass is 10.0. The minimum atomic E-state index is -4.28. The number of hydrogen-bond donors (Lipinski definition) is 1. The summed E-state index contributed by atoms with van der Waals surface area (Å²) in [7, 11) is 1.81. The van der Waals surface area contributed by atoms with Gasteiger partial charge in [-0.15, -0.1) is 0 Å². The zero-order valence-electron chi connectivity index (χ0n) is 12.6. The Hall–Kier alpha value is -1.07. The molecule has 0 aliphatic heterocycles. The molecular formula is C16H23F3N2. The summed E-state index contributed by atoms with van der Waals surface area (Å²) >= 11 is 0. The Morgan fingerprint density at radius 2 is 2.05 bits per heavy atom. The van der Waals surface area contributed by atoms with Gasteiger partial charge in [0.05, 0.1) is 5.56 Å². The molecule has 0 heterocycles. The number of hydrogen-bond acceptors (Lipinski definition) is 2. The van der Waals surface area contributed by atoms with Crippen molar-refractivity contribution in [2.24, 2.45) is 0 Å². The van der Waals surface area contributed by atoms with Crippen molar-refractivity contribution >= 4 is 0 Å². The lowest BCUT2D eigenvalue weighted by Gasteiger charge is -2.27. The molecule has 2 rings (SSSR count). The van der Waals surface area contributed by atoms with E-state index in [4.69, 9.17) is 0 Å². The van der Waals surface area contributed by atoms with Gasteiger partial charge < -0.3 is 5.32 Å². The molecule has 21 heavy (non-hydrogen) atoms. The maximum absolute atomic E-state index is 12.8. The van der Waals surface area contributed by atoms with Crippen LogP contribution in [0.2, 0.25) is 0 Å². The predicted molar refractivity (Wildman–Crippen MR) is 78.1 cm³/mol. The van der Waals surface area contributed by atoms with E-state index in [1.807, 2.05) is 7.05 Å². The molecule has 1 aliphatic carbocycles. The average molecular weight is 300 g/mol. The Labute approximate surface area is 124 Å². The number of halogens is 3. The van der Waals surface area contributed by atoms with Gasteiger partial charge in [0.1, 0.15) is 0 Å². The van der Waals surface area contributed by atoms with E-state index >= 15 is 0 Å². The van der Waals surface area contributed by atoms with Crippen LogP contribution in [-0.2, 0) is 6.18 Å². The van der Waals surface area contributed by atoms with E-state index in [-0.39, 0.29) is 6.04 Å². The summed E-state index contributed by atoms with van der Waals surface area (Å²) in [6, 6.07) is 6.20. The summed E-state index contributed by atoms with van der Waals surface area (Å²) in [6.45, 7) is 3.90. The molecule has 0 spiro atoms. The second-order valence-corrected chi connectivity index (χ2v) is 5.69. The van der Waals surface area contributed by atoms with Crippen LogP contribution in [0.4, 0.5) is 13.2 Å². The van der Waals surface area contributed by atoms with Gasteiger partial charge in [0.15, 0.2) is 0 Å². The van der Waals surface area contributed by atoms with Gasteiger partial charge in [-0.3, -0.25) is 4.90 Å². The molecule has 0 aromatic heterocycles. The van der Waals surface area contributed by atoms with Gasteiger partial charge in [0.25, 0.3) is 0 Å². The number of likely N-dealkylation sites (N-methyl/N-ethyl adjacent to an activating group) is 1. The normalized spacial score (nSPS) is 17.2. The van der Waals surface area contributed by atoms with Crippen molar-refractivity contribution in [3.63, 3.8) is 0 Å². The molecule has 1 atom stereocenters. The van der Waals surface area contributed by atoms with Crippen LogP contribution in [0, 0.1) is 0 Å². The Kier molecular flexibility index (Phi) is 5.27. The van der Waals surface area contributed by atoms with Crippen molar-refractivity contribution in [2.45, 2.75) is 44.4 Å². The molecule has 0 saturated heterocycles. The minimum Gasteiger partial charge on any atom is -0.312 e. The molecular weight excluding hydrogens is 277 g/mol. The van der Waals surface area contributed by atoms with Crippen LogP contribution in [0.5, 0.6) is 0 Å². The highest BCUT2D eigenvalue weighted by molar-refractivity contribution is 5.28. The fraction of sp³-hybridized carbons (Fsp3) is 0.625. The fourth-order valence-corrected chi connectivity index (χ4v) is 2.68. The molecule has 0 amide bonds. The van der Waals surface area contributed by atoms with E-state index in [1.54, 1.807) is 6.07 Å². The van der Waals surface area contributed by atoms with E-state index in [0.717, 1.165) is 25.6 Å². The highest BCUT2D eigenvalue weighted by atomic mass is 19.4. The summed E-state index contributed by atoms with van der Waals surface area (Å²) in [5.74, 6) is 0. The number of nitrogens with one attached hydrogen (secondary N) is 1. The van der Waals surface area contributed by atoms with Crippen LogP contribution >= 0.6 is 0 Å². The van der Waals surface area contributed by atoms with E-state index < -0.39 is 11.7 Å². The lowest BCUT2D eigenvalue weighted by Crippen LogP contribution is -2.36. The lowest BCUT2D eigenvalue weighted by molar-refractivity contribution is -0.137. The largest absolute Gasteiger partial charge is 0.416 e. The van der Waals surface area contributed by atoms with E-state index in [2.05, 4.69) is 17.1 Å². The zero-order chi connectivity index (χ0) is 15.5. The number of nitrogens with zero attached hydrogens (tertiary/aromatic N) is 1. The van der Waals surface area contributed by atoms with Crippen LogP contribution in [-0.4, -0.2) is 31.1 Å². The van der Waals surface area contributed by atoms with Gasteiger partial charge in [0.2, 0.25) is 0 Å². The summed E-state index contributed by atoms with van der Waals surface area (Å²) in [5, 5.41) is 3.16. The topological polar surface area (TPSA) is 15.3 Å². The molecule has 0 bridgehead atoms. The maximum Gasteiger partial charge on any atom is 0.416 e. The van der Waals surface area contributed by atoms with Crippen LogP contribution in [0.1, 0.15) is 43.4 Å². The molecule has 1 aromatic carbocycles. The Balaban J connectivity index is 2.12. The monoisotopic (exact) mass is 300 g/mol. The van der Waals surface area contributed by atoms with E-state index in [1.165, 1.54) is 25.0 Å². The Morgan fingerprint density at radius 3 is 2.57 bits per heavy atom. The second-order valence-electron chi connectivity index (χ2n) is 5.69. The van der Waals surface area contributed by atoms with Gasteiger partial charge in [0, 0.05) is 18.6 Å². The van der Waals surface area contributed by atoms with Crippen molar-refractivity contribution in [2.75, 3.05) is 20.1 Å². The van der Waals surface area contributed by atoms with Crippen molar-refractivity contribution in [1.82, 2.24) is 10.2 Å². The number of rotatable bonds is 7. The van der Waals surface area contributed by atoms with Crippen LogP contribution in [0.25, 0.3) is 0 Å². The van der Waals surface area contributed by atoms with Crippen molar-refractivity contribution in [3.8, 4) is 0 Å². The number of benzene rings is 1. The SMILES string of the molecule is CCCN(CC(NC)c1cccc(C(F)(F)F)c1)C1CC1. The number of alkyl halides is 3. The smallest absolute Gasteiger partial charge is 0.312 e. The summed E-state index contributed by atoms with van der Waals surface area (Å²) in [5.41, 5.74) is 0.128. The van der Waals surface area contributed by atoms with Gasteiger partial charge in [-0.1, -0.05) is 19.1 Å². The first kappa shape index (κ1) is 16.3. The molecule has 1 aromatic rings. The third kappa shape index (κ3) is 4.45. The Bertz CT molecular complexity index is 455. The summed E-state index contributed by atoms with van der Waals surface area (Å²) < 4.78 is 38.5. The highest BCUT2D eigenvalue weighted by Crippen LogP contribution is 2.32. The third-order valence-electron chi connectivity index (χ3n) is 3.96. The first-order chi connectivity index (χ1) is 9.95. The van der Waals surface area contributed by atoms with E-state index in [0.29, 0.717) is 11.6 Å². The molecule has 5 heteroatoms. The molecule has 1 fully saturated rings. The first-order valence-corrected chi connectivity index (χ1v) is 7.54. The van der Waals surface area contributed by atoms with Crippen LogP contribution in [0.3, 0.4) is 0 Å². The predicted octanol–water partition coefficient (Wildman–Crippen LogP) is 3.84. The first-order valence-electron chi connectivity index (χ1n) is 7.54. The standard InChI is InChI=1S/C16H23F3N2/c1-3-9-21(14-7-8-14)11-15(20-2)12-5-4-6-13(10-12)16(17,18)19/h4-6,10,14-15,20H,3,7-9,11H2,1-2H3. The minimum absolute atomic E-state index is 0.0700. The third-order valence-corrected chi connectivity index (χ3v) is 3.96. The van der Waals surface area contributed by atoms with Gasteiger partial charge >= 0.3 is 6.18 Å². The quantitative estimate of drug-likeness (QED) is 0.823. The Morgan fingerprint density at radius 1 is 1.33 bits per heavy atom. The van der Waals surface area contributed by atoms with Gasteiger partial charge in [-0.2, -0.15) is 13.2 Å². The molecule has 1 aliphatic rings. The van der Waals surface area contributed by atoms with Crippen molar-refractivity contribution < 1.29 is 13.2 Å². The average Bonchev–Trinajstić information content (AvgIpc) is 3.27.